The van der Waals surface area contributed by atoms with Crippen LogP contribution >= 0.6 is 11.3 Å². The highest BCUT2D eigenvalue weighted by atomic mass is 32.1. The highest BCUT2D eigenvalue weighted by Crippen LogP contribution is 2.20. The Morgan fingerprint density at radius 2 is 1.78 bits per heavy atom. The predicted octanol–water partition coefficient (Wildman–Crippen LogP) is 5.32. The summed E-state index contributed by atoms with van der Waals surface area (Å²) in [6.45, 7) is 4.25. The van der Waals surface area contributed by atoms with Gasteiger partial charge in [-0.1, -0.05) is 44.2 Å². The van der Waals surface area contributed by atoms with Crippen molar-refractivity contribution >= 4 is 22.4 Å². The minimum atomic E-state index is -0.875. The van der Waals surface area contributed by atoms with E-state index in [4.69, 9.17) is 0 Å². The minimum Gasteiger partial charge on any atom is -0.302 e. The Hall–Kier alpha value is -2.60. The van der Waals surface area contributed by atoms with Gasteiger partial charge in [-0.3, -0.25) is 4.79 Å². The monoisotopic (exact) mass is 386 g/mol. The molecule has 3 rings (SSSR count). The normalized spacial score (nSPS) is 11.0. The van der Waals surface area contributed by atoms with E-state index in [1.807, 2.05) is 24.3 Å². The maximum Gasteiger partial charge on any atom is 0.230 e. The number of nitrogens with one attached hydrogen (secondary N) is 1. The van der Waals surface area contributed by atoms with Gasteiger partial charge in [-0.2, -0.15) is 0 Å². The van der Waals surface area contributed by atoms with E-state index in [-0.39, 0.29) is 12.3 Å². The van der Waals surface area contributed by atoms with Gasteiger partial charge in [-0.25, -0.2) is 13.8 Å². The van der Waals surface area contributed by atoms with E-state index >= 15 is 0 Å². The average Bonchev–Trinajstić information content (AvgIpc) is 3.05. The SMILES string of the molecule is CC(C)c1ccc(CC(=O)Nc2nc(Cc3ccc(F)c(F)c3)cs2)cc1. The number of anilines is 1. The molecule has 27 heavy (non-hydrogen) atoms. The number of halogens is 2. The average molecular weight is 386 g/mol. The second kappa shape index (κ2) is 8.39. The molecule has 140 valence electrons. The number of hydrogen-bond acceptors (Lipinski definition) is 3. The molecule has 0 aliphatic carbocycles. The number of nitrogens with zero attached hydrogens (tertiary/aromatic N) is 1. The molecule has 0 aliphatic heterocycles. The van der Waals surface area contributed by atoms with Gasteiger partial charge in [0.05, 0.1) is 12.1 Å². The Labute approximate surface area is 161 Å². The van der Waals surface area contributed by atoms with Crippen LogP contribution in [-0.2, 0) is 17.6 Å². The summed E-state index contributed by atoms with van der Waals surface area (Å²) in [6, 6.07) is 11.8. The molecule has 1 aromatic heterocycles. The quantitative estimate of drug-likeness (QED) is 0.623. The Kier molecular flexibility index (Phi) is 5.96. The van der Waals surface area contributed by atoms with Crippen LogP contribution in [0.4, 0.5) is 13.9 Å². The first-order valence-corrected chi connectivity index (χ1v) is 9.55. The lowest BCUT2D eigenvalue weighted by Gasteiger charge is -2.06. The van der Waals surface area contributed by atoms with Gasteiger partial charge in [0.15, 0.2) is 16.8 Å². The lowest BCUT2D eigenvalue weighted by molar-refractivity contribution is -0.115. The largest absolute Gasteiger partial charge is 0.302 e. The highest BCUT2D eigenvalue weighted by molar-refractivity contribution is 7.13. The molecule has 2 aromatic carbocycles. The highest BCUT2D eigenvalue weighted by Gasteiger charge is 2.10. The van der Waals surface area contributed by atoms with Crippen LogP contribution in [-0.4, -0.2) is 10.9 Å². The third kappa shape index (κ3) is 5.20. The molecule has 3 aromatic rings. The number of thiazole rings is 1. The summed E-state index contributed by atoms with van der Waals surface area (Å²) < 4.78 is 26.3. The molecule has 6 heteroatoms. The second-order valence-corrected chi connectivity index (χ2v) is 7.55. The molecule has 0 bridgehead atoms. The maximum atomic E-state index is 13.3. The van der Waals surface area contributed by atoms with E-state index < -0.39 is 11.6 Å². The smallest absolute Gasteiger partial charge is 0.230 e. The third-order valence-electron chi connectivity index (χ3n) is 4.18. The Bertz CT molecular complexity index is 936. The second-order valence-electron chi connectivity index (χ2n) is 6.69. The molecule has 1 amide bonds. The summed E-state index contributed by atoms with van der Waals surface area (Å²) in [5, 5.41) is 5.09. The standard InChI is InChI=1S/C21H20F2N2OS/c1-13(2)16-6-3-14(4-7-16)11-20(26)25-21-24-17(12-27-21)9-15-5-8-18(22)19(23)10-15/h3-8,10,12-13H,9,11H2,1-2H3,(H,24,25,26). The minimum absolute atomic E-state index is 0.138. The van der Waals surface area contributed by atoms with Crippen molar-refractivity contribution in [3.63, 3.8) is 0 Å². The fourth-order valence-corrected chi connectivity index (χ4v) is 3.40. The van der Waals surface area contributed by atoms with Crippen molar-refractivity contribution in [3.8, 4) is 0 Å². The summed E-state index contributed by atoms with van der Waals surface area (Å²) >= 11 is 1.31. The van der Waals surface area contributed by atoms with E-state index in [9.17, 15) is 13.6 Å². The van der Waals surface area contributed by atoms with Gasteiger partial charge < -0.3 is 5.32 Å². The van der Waals surface area contributed by atoms with Crippen LogP contribution in [0, 0.1) is 11.6 Å². The van der Waals surface area contributed by atoms with Crippen molar-refractivity contribution in [2.45, 2.75) is 32.6 Å². The lowest BCUT2D eigenvalue weighted by atomic mass is 10.0. The Balaban J connectivity index is 1.58. The number of carbonyl (C=O) groups is 1. The summed E-state index contributed by atoms with van der Waals surface area (Å²) in [5.41, 5.74) is 3.50. The lowest BCUT2D eigenvalue weighted by Crippen LogP contribution is -2.14. The number of hydrogen-bond donors (Lipinski definition) is 1. The molecule has 1 heterocycles. The van der Waals surface area contributed by atoms with Gasteiger partial charge in [0.25, 0.3) is 0 Å². The van der Waals surface area contributed by atoms with Crippen LogP contribution in [0.2, 0.25) is 0 Å². The fourth-order valence-electron chi connectivity index (χ4n) is 2.67. The fraction of sp³-hybridized carbons (Fsp3) is 0.238. The molecule has 0 aliphatic rings. The number of aromatic nitrogens is 1. The molecule has 1 N–H and O–H groups in total. The number of amides is 1. The molecule has 0 atom stereocenters. The summed E-state index contributed by atoms with van der Waals surface area (Å²) in [6.07, 6.45) is 0.650. The zero-order valence-electron chi connectivity index (χ0n) is 15.1. The van der Waals surface area contributed by atoms with Crippen LogP contribution < -0.4 is 5.32 Å². The van der Waals surface area contributed by atoms with E-state index in [1.54, 1.807) is 5.38 Å². The molecule has 3 nitrogen and oxygen atoms in total. The molecular weight excluding hydrogens is 366 g/mol. The topological polar surface area (TPSA) is 42.0 Å². The van der Waals surface area contributed by atoms with E-state index in [0.717, 1.165) is 17.7 Å². The van der Waals surface area contributed by atoms with Crippen molar-refractivity contribution in [2.75, 3.05) is 5.32 Å². The number of benzene rings is 2. The van der Waals surface area contributed by atoms with Crippen molar-refractivity contribution < 1.29 is 13.6 Å². The van der Waals surface area contributed by atoms with Gasteiger partial charge in [0.2, 0.25) is 5.91 Å². The van der Waals surface area contributed by atoms with Gasteiger partial charge in [0, 0.05) is 11.8 Å². The van der Waals surface area contributed by atoms with Crippen LogP contribution in [0.15, 0.2) is 47.8 Å². The number of rotatable bonds is 6. The molecular formula is C21H20F2N2OS. The molecule has 0 unspecified atom stereocenters. The summed E-state index contributed by atoms with van der Waals surface area (Å²) in [5.74, 6) is -1.43. The van der Waals surface area contributed by atoms with Crippen LogP contribution in [0.5, 0.6) is 0 Å². The van der Waals surface area contributed by atoms with Crippen LogP contribution in [0.3, 0.4) is 0 Å². The number of carbonyl (C=O) groups excluding carboxylic acids is 1. The van der Waals surface area contributed by atoms with Crippen molar-refractivity contribution in [1.82, 2.24) is 4.98 Å². The molecule has 0 saturated carbocycles. The van der Waals surface area contributed by atoms with Crippen LogP contribution in [0.25, 0.3) is 0 Å². The van der Waals surface area contributed by atoms with Gasteiger partial charge in [-0.05, 0) is 34.7 Å². The summed E-state index contributed by atoms with van der Waals surface area (Å²) in [4.78, 5) is 16.6. The van der Waals surface area contributed by atoms with E-state index in [2.05, 4.69) is 24.1 Å². The predicted molar refractivity (Wildman–Crippen MR) is 104 cm³/mol. The molecule has 0 saturated heterocycles. The third-order valence-corrected chi connectivity index (χ3v) is 4.98. The van der Waals surface area contributed by atoms with E-state index in [1.165, 1.54) is 23.0 Å². The van der Waals surface area contributed by atoms with Crippen LogP contribution in [0.1, 0.15) is 42.1 Å². The van der Waals surface area contributed by atoms with Gasteiger partial charge in [0.1, 0.15) is 0 Å². The van der Waals surface area contributed by atoms with Crippen molar-refractivity contribution in [3.05, 3.63) is 81.9 Å². The zero-order chi connectivity index (χ0) is 19.4. The molecule has 0 radical (unpaired) electrons. The maximum absolute atomic E-state index is 13.3. The van der Waals surface area contributed by atoms with Crippen molar-refractivity contribution in [2.24, 2.45) is 0 Å². The molecule has 0 spiro atoms. The first-order chi connectivity index (χ1) is 12.9. The van der Waals surface area contributed by atoms with Gasteiger partial charge in [-0.15, -0.1) is 11.3 Å². The first-order valence-electron chi connectivity index (χ1n) is 8.67. The zero-order valence-corrected chi connectivity index (χ0v) is 15.9. The van der Waals surface area contributed by atoms with E-state index in [0.29, 0.717) is 28.7 Å². The Morgan fingerprint density at radius 3 is 2.44 bits per heavy atom. The first kappa shape index (κ1) is 19.2. The van der Waals surface area contributed by atoms with Crippen molar-refractivity contribution in [1.29, 1.82) is 0 Å². The summed E-state index contributed by atoms with van der Waals surface area (Å²) in [7, 11) is 0. The van der Waals surface area contributed by atoms with Gasteiger partial charge >= 0.3 is 0 Å². The molecule has 0 fully saturated rings. The Morgan fingerprint density at radius 1 is 1.07 bits per heavy atom.